The molecule has 23 heavy (non-hydrogen) atoms. The summed E-state index contributed by atoms with van der Waals surface area (Å²) in [5.41, 5.74) is 1.30. The molecule has 0 unspecified atom stereocenters. The highest BCUT2D eigenvalue weighted by Gasteiger charge is 2.32. The maximum Gasteiger partial charge on any atom is 0.269 e. The van der Waals surface area contributed by atoms with Gasteiger partial charge >= 0.3 is 0 Å². The number of hydrogen-bond donors (Lipinski definition) is 2. The van der Waals surface area contributed by atoms with Gasteiger partial charge in [0.1, 0.15) is 32.7 Å². The number of rotatable bonds is 4. The molecule has 1 saturated heterocycles. The molecule has 0 spiro atoms. The van der Waals surface area contributed by atoms with Gasteiger partial charge in [-0.25, -0.2) is 0 Å². The summed E-state index contributed by atoms with van der Waals surface area (Å²) in [5.74, 6) is 0.900. The first-order chi connectivity index (χ1) is 11.1. The lowest BCUT2D eigenvalue weighted by molar-refractivity contribution is -1.03. The van der Waals surface area contributed by atoms with E-state index >= 15 is 0 Å². The molecular weight excluding hydrogens is 290 g/mol. The van der Waals surface area contributed by atoms with Crippen LogP contribution < -0.4 is 9.80 Å². The van der Waals surface area contributed by atoms with Crippen LogP contribution in [0.15, 0.2) is 24.3 Å². The lowest BCUT2D eigenvalue weighted by Crippen LogP contribution is -3.29. The molecule has 5 heteroatoms. The van der Waals surface area contributed by atoms with Gasteiger partial charge in [-0.3, -0.25) is 10.1 Å². The molecule has 0 bridgehead atoms. The first-order valence-electron chi connectivity index (χ1n) is 9.03. The quantitative estimate of drug-likeness (QED) is 0.626. The van der Waals surface area contributed by atoms with Crippen molar-refractivity contribution in [2.24, 2.45) is 5.92 Å². The van der Waals surface area contributed by atoms with Gasteiger partial charge in [-0.2, -0.15) is 0 Å². The van der Waals surface area contributed by atoms with Crippen molar-refractivity contribution in [1.29, 1.82) is 0 Å². The fourth-order valence-corrected chi connectivity index (χ4v) is 4.38. The number of nitrogens with one attached hydrogen (secondary N) is 2. The monoisotopic (exact) mass is 319 g/mol. The Labute approximate surface area is 138 Å². The normalized spacial score (nSPS) is 31.7. The minimum absolute atomic E-state index is 0.211. The molecule has 0 amide bonds. The summed E-state index contributed by atoms with van der Waals surface area (Å²) >= 11 is 0. The molecule has 1 aromatic rings. The highest BCUT2D eigenvalue weighted by Crippen LogP contribution is 2.21. The zero-order valence-electron chi connectivity index (χ0n) is 14.1. The Morgan fingerprint density at radius 2 is 2.00 bits per heavy atom. The van der Waals surface area contributed by atoms with E-state index < -0.39 is 0 Å². The molecule has 126 valence electrons. The van der Waals surface area contributed by atoms with Crippen LogP contribution in [-0.2, 0) is 6.54 Å². The second kappa shape index (κ2) is 7.41. The van der Waals surface area contributed by atoms with E-state index in [0.717, 1.165) is 24.1 Å². The summed E-state index contributed by atoms with van der Waals surface area (Å²) in [7, 11) is 0. The summed E-state index contributed by atoms with van der Waals surface area (Å²) in [5, 5.41) is 10.9. The van der Waals surface area contributed by atoms with Gasteiger partial charge in [0.05, 0.1) is 11.0 Å². The van der Waals surface area contributed by atoms with Crippen molar-refractivity contribution in [3.63, 3.8) is 0 Å². The standard InChI is InChI=1S/C18H27N3O2/c1-15-4-2-6-17(12-15)20-10-8-19(9-11-20)14-16-5-3-7-18(13-16)21(22)23/h3,5,7,13,15,17H,2,4,6,8-12,14H2,1H3/p+2/t15-,17-/m0/s1. The van der Waals surface area contributed by atoms with Crippen LogP contribution in [0, 0.1) is 16.0 Å². The summed E-state index contributed by atoms with van der Waals surface area (Å²) in [6.07, 6.45) is 5.61. The van der Waals surface area contributed by atoms with Gasteiger partial charge in [0.25, 0.3) is 5.69 Å². The van der Waals surface area contributed by atoms with Crippen molar-refractivity contribution in [1.82, 2.24) is 0 Å². The van der Waals surface area contributed by atoms with Gasteiger partial charge in [-0.15, -0.1) is 0 Å². The third kappa shape index (κ3) is 4.30. The van der Waals surface area contributed by atoms with Crippen LogP contribution in [0.5, 0.6) is 0 Å². The lowest BCUT2D eigenvalue weighted by Gasteiger charge is -2.37. The Balaban J connectivity index is 1.51. The van der Waals surface area contributed by atoms with Gasteiger partial charge in [0.2, 0.25) is 0 Å². The summed E-state index contributed by atoms with van der Waals surface area (Å²) in [6, 6.07) is 8.00. The van der Waals surface area contributed by atoms with Crippen molar-refractivity contribution in [2.75, 3.05) is 26.2 Å². The third-order valence-electron chi connectivity index (χ3n) is 5.69. The number of quaternary nitrogens is 2. The zero-order valence-corrected chi connectivity index (χ0v) is 14.1. The van der Waals surface area contributed by atoms with Crippen LogP contribution in [0.25, 0.3) is 0 Å². The molecule has 2 fully saturated rings. The molecule has 1 saturated carbocycles. The predicted molar refractivity (Wildman–Crippen MR) is 89.6 cm³/mol. The van der Waals surface area contributed by atoms with Crippen molar-refractivity contribution < 1.29 is 14.7 Å². The highest BCUT2D eigenvalue weighted by molar-refractivity contribution is 5.33. The molecular formula is C18H29N3O2+2. The minimum Gasteiger partial charge on any atom is -0.323 e. The van der Waals surface area contributed by atoms with E-state index in [-0.39, 0.29) is 10.6 Å². The third-order valence-corrected chi connectivity index (χ3v) is 5.69. The van der Waals surface area contributed by atoms with Crippen molar-refractivity contribution in [2.45, 2.75) is 45.2 Å². The maximum absolute atomic E-state index is 10.9. The van der Waals surface area contributed by atoms with Crippen LogP contribution in [0.1, 0.15) is 38.2 Å². The predicted octanol–water partition coefficient (Wildman–Crippen LogP) is 0.457. The fraction of sp³-hybridized carbons (Fsp3) is 0.667. The van der Waals surface area contributed by atoms with Gasteiger partial charge in [0.15, 0.2) is 0 Å². The van der Waals surface area contributed by atoms with Crippen LogP contribution in [0.4, 0.5) is 5.69 Å². The van der Waals surface area contributed by atoms with E-state index in [4.69, 9.17) is 0 Å². The SMILES string of the molecule is C[C@H]1CCC[C@H]([NH+]2CC[NH+](Cc3cccc([N+](=O)[O-])c3)CC2)C1. The number of hydrogen-bond acceptors (Lipinski definition) is 2. The summed E-state index contributed by atoms with van der Waals surface area (Å²) < 4.78 is 0. The molecule has 2 aliphatic rings. The molecule has 0 aromatic heterocycles. The molecule has 3 rings (SSSR count). The smallest absolute Gasteiger partial charge is 0.269 e. The van der Waals surface area contributed by atoms with Crippen LogP contribution >= 0.6 is 0 Å². The van der Waals surface area contributed by atoms with Crippen LogP contribution in [0.2, 0.25) is 0 Å². The average molecular weight is 319 g/mol. The molecule has 5 nitrogen and oxygen atoms in total. The Bertz CT molecular complexity index is 541. The molecule has 0 radical (unpaired) electrons. The first kappa shape index (κ1) is 16.4. The summed E-state index contributed by atoms with van der Waals surface area (Å²) in [4.78, 5) is 14.0. The topological polar surface area (TPSA) is 52.0 Å². The van der Waals surface area contributed by atoms with Gasteiger partial charge in [-0.1, -0.05) is 25.5 Å². The average Bonchev–Trinajstić information content (AvgIpc) is 2.56. The number of benzene rings is 1. The van der Waals surface area contributed by atoms with Gasteiger partial charge in [-0.05, 0) is 18.8 Å². The van der Waals surface area contributed by atoms with E-state index in [1.54, 1.807) is 28.0 Å². The van der Waals surface area contributed by atoms with Crippen LogP contribution in [-0.4, -0.2) is 37.1 Å². The molecule has 1 aliphatic heterocycles. The maximum atomic E-state index is 10.9. The number of piperazine rings is 1. The zero-order chi connectivity index (χ0) is 16.2. The number of nitro benzene ring substituents is 1. The van der Waals surface area contributed by atoms with E-state index in [1.807, 2.05) is 6.07 Å². The van der Waals surface area contributed by atoms with E-state index in [0.29, 0.717) is 0 Å². The van der Waals surface area contributed by atoms with E-state index in [2.05, 4.69) is 6.92 Å². The number of nitrogens with zero attached hydrogens (tertiary/aromatic N) is 1. The Kier molecular flexibility index (Phi) is 5.28. The molecule has 1 heterocycles. The highest BCUT2D eigenvalue weighted by atomic mass is 16.6. The van der Waals surface area contributed by atoms with E-state index in [1.165, 1.54) is 51.9 Å². The Morgan fingerprint density at radius 1 is 1.22 bits per heavy atom. The number of non-ortho nitro benzene ring substituents is 1. The van der Waals surface area contributed by atoms with Crippen molar-refractivity contribution in [3.05, 3.63) is 39.9 Å². The summed E-state index contributed by atoms with van der Waals surface area (Å²) in [6.45, 7) is 8.18. The van der Waals surface area contributed by atoms with Gasteiger partial charge < -0.3 is 9.80 Å². The second-order valence-corrected chi connectivity index (χ2v) is 7.48. The minimum atomic E-state index is -0.300. The largest absolute Gasteiger partial charge is 0.323 e. The Morgan fingerprint density at radius 3 is 2.70 bits per heavy atom. The first-order valence-corrected chi connectivity index (χ1v) is 9.03. The van der Waals surface area contributed by atoms with Crippen molar-refractivity contribution >= 4 is 5.69 Å². The van der Waals surface area contributed by atoms with Crippen LogP contribution in [0.3, 0.4) is 0 Å². The van der Waals surface area contributed by atoms with Crippen molar-refractivity contribution in [3.8, 4) is 0 Å². The molecule has 1 aromatic carbocycles. The van der Waals surface area contributed by atoms with E-state index in [9.17, 15) is 10.1 Å². The number of nitro groups is 1. The Hall–Kier alpha value is -1.46. The molecule has 2 N–H and O–H groups in total. The molecule has 1 aliphatic carbocycles. The fourth-order valence-electron chi connectivity index (χ4n) is 4.38. The second-order valence-electron chi connectivity index (χ2n) is 7.48. The van der Waals surface area contributed by atoms with Gasteiger partial charge in [0, 0.05) is 24.1 Å². The lowest BCUT2D eigenvalue weighted by atomic mass is 9.86. The molecule has 2 atom stereocenters.